The van der Waals surface area contributed by atoms with Gasteiger partial charge in [0.2, 0.25) is 0 Å². The van der Waals surface area contributed by atoms with Crippen molar-refractivity contribution < 1.29 is 0 Å². The number of fused-ring (bicyclic) bond motifs is 1. The van der Waals surface area contributed by atoms with Crippen LogP contribution in [0.5, 0.6) is 0 Å². The monoisotopic (exact) mass is 227 g/mol. The van der Waals surface area contributed by atoms with Crippen molar-refractivity contribution in [2.75, 3.05) is 6.54 Å². The Labute approximate surface area is 97.3 Å². The van der Waals surface area contributed by atoms with Crippen LogP contribution in [0.15, 0.2) is 34.8 Å². The molecular formula is C12H9N3S. The average molecular weight is 227 g/mol. The van der Waals surface area contributed by atoms with E-state index in [1.807, 2.05) is 12.1 Å². The van der Waals surface area contributed by atoms with Crippen LogP contribution in [-0.4, -0.2) is 6.54 Å². The fourth-order valence-electron chi connectivity index (χ4n) is 1.40. The summed E-state index contributed by atoms with van der Waals surface area (Å²) < 4.78 is 1.22. The summed E-state index contributed by atoms with van der Waals surface area (Å²) in [4.78, 5) is 2.68. The highest BCUT2D eigenvalue weighted by Gasteiger charge is 1.97. The first-order valence-electron chi connectivity index (χ1n) is 4.88. The van der Waals surface area contributed by atoms with Gasteiger partial charge >= 0.3 is 0 Å². The molecule has 0 atom stereocenters. The lowest BCUT2D eigenvalue weighted by atomic mass is 10.2. The van der Waals surface area contributed by atoms with Crippen molar-refractivity contribution in [3.63, 3.8) is 0 Å². The zero-order valence-corrected chi connectivity index (χ0v) is 9.37. The number of thiophene rings is 1. The van der Waals surface area contributed by atoms with Gasteiger partial charge in [0.05, 0.1) is 0 Å². The summed E-state index contributed by atoms with van der Waals surface area (Å²) in [6.45, 7) is 0.434. The van der Waals surface area contributed by atoms with E-state index in [1.165, 1.54) is 10.1 Å². The number of hydrogen-bond acceptors (Lipinski definition) is 2. The van der Waals surface area contributed by atoms with E-state index in [9.17, 15) is 0 Å². The minimum absolute atomic E-state index is 0.434. The third kappa shape index (κ3) is 2.34. The van der Waals surface area contributed by atoms with Crippen molar-refractivity contribution in [1.82, 2.24) is 0 Å². The second-order valence-electron chi connectivity index (χ2n) is 3.15. The molecule has 0 N–H and O–H groups in total. The van der Waals surface area contributed by atoms with E-state index >= 15 is 0 Å². The Morgan fingerprint density at radius 1 is 1.38 bits per heavy atom. The molecular weight excluding hydrogens is 218 g/mol. The summed E-state index contributed by atoms with van der Waals surface area (Å²) in [5.41, 5.74) is 9.16. The molecule has 2 rings (SSSR count). The van der Waals surface area contributed by atoms with E-state index in [4.69, 9.17) is 5.53 Å². The Kier molecular flexibility index (Phi) is 3.45. The smallest absolute Gasteiger partial charge is 0.0499 e. The summed E-state index contributed by atoms with van der Waals surface area (Å²) in [6, 6.07) is 8.19. The molecule has 1 aromatic heterocycles. The minimum Gasteiger partial charge on any atom is -0.143 e. The van der Waals surface area contributed by atoms with Gasteiger partial charge < -0.3 is 0 Å². The van der Waals surface area contributed by atoms with Crippen molar-refractivity contribution in [3.05, 3.63) is 45.7 Å². The molecule has 0 aliphatic carbocycles. The molecule has 1 heterocycles. The van der Waals surface area contributed by atoms with Gasteiger partial charge in [0, 0.05) is 28.1 Å². The molecule has 0 amide bonds. The number of nitrogens with zero attached hydrogens (tertiary/aromatic N) is 3. The number of rotatable bonds is 2. The van der Waals surface area contributed by atoms with Gasteiger partial charge in [-0.3, -0.25) is 0 Å². The molecule has 0 bridgehead atoms. The largest absolute Gasteiger partial charge is 0.143 e. The maximum absolute atomic E-state index is 8.11. The Hall–Kier alpha value is -1.95. The third-order valence-corrected chi connectivity index (χ3v) is 3.07. The molecule has 2 aromatic rings. The van der Waals surface area contributed by atoms with Crippen LogP contribution in [0.25, 0.3) is 20.5 Å². The van der Waals surface area contributed by atoms with Gasteiger partial charge in [0.15, 0.2) is 0 Å². The number of hydrogen-bond donors (Lipinski definition) is 0. The van der Waals surface area contributed by atoms with E-state index in [1.54, 1.807) is 11.3 Å². The van der Waals surface area contributed by atoms with Crippen molar-refractivity contribution in [2.24, 2.45) is 5.11 Å². The first-order chi connectivity index (χ1) is 7.92. The SMILES string of the molecule is [N-]=[N+]=NCCC#Cc1cccc2ccsc12. The highest BCUT2D eigenvalue weighted by atomic mass is 32.1. The van der Waals surface area contributed by atoms with Crippen LogP contribution in [0.4, 0.5) is 0 Å². The summed E-state index contributed by atoms with van der Waals surface area (Å²) in [6.07, 6.45) is 0.603. The molecule has 78 valence electrons. The zero-order chi connectivity index (χ0) is 11.2. The van der Waals surface area contributed by atoms with Crippen LogP contribution in [0.1, 0.15) is 12.0 Å². The number of azide groups is 1. The zero-order valence-electron chi connectivity index (χ0n) is 8.55. The topological polar surface area (TPSA) is 48.8 Å². The number of benzene rings is 1. The van der Waals surface area contributed by atoms with Crippen molar-refractivity contribution in [1.29, 1.82) is 0 Å². The van der Waals surface area contributed by atoms with Gasteiger partial charge in [0.1, 0.15) is 0 Å². The maximum Gasteiger partial charge on any atom is 0.0499 e. The van der Waals surface area contributed by atoms with Crippen LogP contribution in [0.3, 0.4) is 0 Å². The fraction of sp³-hybridized carbons (Fsp3) is 0.167. The molecule has 3 nitrogen and oxygen atoms in total. The predicted molar refractivity (Wildman–Crippen MR) is 67.3 cm³/mol. The molecule has 0 spiro atoms. The molecule has 4 heteroatoms. The van der Waals surface area contributed by atoms with E-state index < -0.39 is 0 Å². The van der Waals surface area contributed by atoms with Crippen LogP contribution in [-0.2, 0) is 0 Å². The van der Waals surface area contributed by atoms with Crippen molar-refractivity contribution >= 4 is 21.4 Å². The van der Waals surface area contributed by atoms with Gasteiger partial charge in [-0.15, -0.1) is 11.3 Å². The normalized spacial score (nSPS) is 9.25. The van der Waals surface area contributed by atoms with Crippen molar-refractivity contribution in [2.45, 2.75) is 6.42 Å². The molecule has 0 saturated carbocycles. The second kappa shape index (κ2) is 5.22. The van der Waals surface area contributed by atoms with Crippen LogP contribution in [0, 0.1) is 11.8 Å². The van der Waals surface area contributed by atoms with E-state index in [-0.39, 0.29) is 0 Å². The molecule has 1 aromatic carbocycles. The van der Waals surface area contributed by atoms with Gasteiger partial charge in [-0.1, -0.05) is 29.1 Å². The van der Waals surface area contributed by atoms with Gasteiger partial charge in [0.25, 0.3) is 0 Å². The first kappa shape index (κ1) is 10.6. The quantitative estimate of drug-likeness (QED) is 0.245. The van der Waals surface area contributed by atoms with E-state index in [0.717, 1.165) is 5.56 Å². The Bertz CT molecular complexity index is 597. The predicted octanol–water partition coefficient (Wildman–Crippen LogP) is 3.95. The Morgan fingerprint density at radius 3 is 3.19 bits per heavy atom. The lowest BCUT2D eigenvalue weighted by Crippen LogP contribution is -1.76. The molecule has 0 saturated heterocycles. The van der Waals surface area contributed by atoms with Crippen LogP contribution < -0.4 is 0 Å². The van der Waals surface area contributed by atoms with Gasteiger partial charge in [-0.25, -0.2) is 0 Å². The van der Waals surface area contributed by atoms with Gasteiger partial charge in [-0.2, -0.15) is 0 Å². The maximum atomic E-state index is 8.11. The Balaban J connectivity index is 2.20. The highest BCUT2D eigenvalue weighted by molar-refractivity contribution is 7.17. The molecule has 0 unspecified atom stereocenters. The molecule has 0 aliphatic heterocycles. The van der Waals surface area contributed by atoms with Gasteiger partial charge in [-0.05, 0) is 28.4 Å². The average Bonchev–Trinajstić information content (AvgIpc) is 2.77. The molecule has 16 heavy (non-hydrogen) atoms. The first-order valence-corrected chi connectivity index (χ1v) is 5.76. The highest BCUT2D eigenvalue weighted by Crippen LogP contribution is 2.23. The van der Waals surface area contributed by atoms with E-state index in [2.05, 4.69) is 39.4 Å². The summed E-state index contributed by atoms with van der Waals surface area (Å²) in [7, 11) is 0. The molecule has 0 fully saturated rings. The standard InChI is InChI=1S/C12H9N3S/c13-15-14-8-2-1-4-10-5-3-6-11-7-9-16-12(10)11/h3,5-7,9H,2,8H2. The third-order valence-electron chi connectivity index (χ3n) is 2.10. The lowest BCUT2D eigenvalue weighted by molar-refractivity contribution is 1.02. The fourth-order valence-corrected chi connectivity index (χ4v) is 2.27. The lowest BCUT2D eigenvalue weighted by Gasteiger charge is -1.92. The summed E-state index contributed by atoms with van der Waals surface area (Å²) in [5.74, 6) is 6.12. The second-order valence-corrected chi connectivity index (χ2v) is 4.07. The summed E-state index contributed by atoms with van der Waals surface area (Å²) >= 11 is 1.70. The summed E-state index contributed by atoms with van der Waals surface area (Å²) in [5, 5.41) is 6.73. The van der Waals surface area contributed by atoms with Crippen LogP contribution >= 0.6 is 11.3 Å². The molecule has 0 aliphatic rings. The van der Waals surface area contributed by atoms with Crippen LogP contribution in [0.2, 0.25) is 0 Å². The Morgan fingerprint density at radius 2 is 2.31 bits per heavy atom. The van der Waals surface area contributed by atoms with E-state index in [0.29, 0.717) is 13.0 Å². The minimum atomic E-state index is 0.434. The molecule has 0 radical (unpaired) electrons. The van der Waals surface area contributed by atoms with Crippen molar-refractivity contribution in [3.8, 4) is 11.8 Å².